The first-order valence-corrected chi connectivity index (χ1v) is 9.87. The van der Waals surface area contributed by atoms with E-state index in [9.17, 15) is 4.79 Å². The van der Waals surface area contributed by atoms with Gasteiger partial charge in [0.25, 0.3) is 0 Å². The Kier molecular flexibility index (Phi) is 4.45. The number of rotatable bonds is 5. The zero-order valence-corrected chi connectivity index (χ0v) is 16.0. The smallest absolute Gasteiger partial charge is 0.232 e. The van der Waals surface area contributed by atoms with Crippen molar-refractivity contribution in [3.63, 3.8) is 0 Å². The zero-order valence-electron chi connectivity index (χ0n) is 15.2. The van der Waals surface area contributed by atoms with E-state index in [1.54, 1.807) is 18.7 Å². The minimum atomic E-state index is -0.108. The maximum atomic E-state index is 12.5. The predicted molar refractivity (Wildman–Crippen MR) is 109 cm³/mol. The van der Waals surface area contributed by atoms with Crippen LogP contribution in [0, 0.1) is 5.92 Å². The largest absolute Gasteiger partial charge is 0.355 e. The van der Waals surface area contributed by atoms with E-state index in [2.05, 4.69) is 30.2 Å². The Morgan fingerprint density at radius 2 is 2.00 bits per heavy atom. The van der Waals surface area contributed by atoms with Crippen molar-refractivity contribution in [3.8, 4) is 17.2 Å². The predicted octanol–water partition coefficient (Wildman–Crippen LogP) is 2.26. The number of imidazole rings is 1. The Hall–Kier alpha value is -3.66. The average Bonchev–Trinajstić information content (AvgIpc) is 3.40. The third kappa shape index (κ3) is 3.57. The number of nitrogens with zero attached hydrogens (tertiary/aromatic N) is 7. The van der Waals surface area contributed by atoms with Crippen molar-refractivity contribution in [1.29, 1.82) is 0 Å². The highest BCUT2D eigenvalue weighted by molar-refractivity contribution is 7.14. The summed E-state index contributed by atoms with van der Waals surface area (Å²) in [6.45, 7) is 1.20. The van der Waals surface area contributed by atoms with Crippen LogP contribution in [0.25, 0.3) is 17.2 Å². The second-order valence-electron chi connectivity index (χ2n) is 6.55. The van der Waals surface area contributed by atoms with Crippen LogP contribution in [0.3, 0.4) is 0 Å². The molecule has 1 amide bonds. The Morgan fingerprint density at radius 1 is 1.10 bits per heavy atom. The van der Waals surface area contributed by atoms with Crippen molar-refractivity contribution < 1.29 is 4.79 Å². The molecule has 10 heteroatoms. The molecule has 0 atom stereocenters. The van der Waals surface area contributed by atoms with Crippen molar-refractivity contribution in [1.82, 2.24) is 29.5 Å². The lowest BCUT2D eigenvalue weighted by atomic mass is 9.99. The second-order valence-corrected chi connectivity index (χ2v) is 7.41. The topological polar surface area (TPSA) is 102 Å². The third-order valence-electron chi connectivity index (χ3n) is 4.65. The van der Waals surface area contributed by atoms with Gasteiger partial charge in [-0.3, -0.25) is 14.3 Å². The number of aromatic nitrogens is 6. The molecule has 1 aliphatic heterocycles. The Balaban J connectivity index is 1.20. The molecule has 29 heavy (non-hydrogen) atoms. The number of carbonyl (C=O) groups is 1. The van der Waals surface area contributed by atoms with Gasteiger partial charge < -0.3 is 10.2 Å². The van der Waals surface area contributed by atoms with E-state index < -0.39 is 0 Å². The molecule has 1 N–H and O–H groups in total. The zero-order chi connectivity index (χ0) is 19.6. The summed E-state index contributed by atoms with van der Waals surface area (Å²) in [6, 6.07) is 7.55. The summed E-state index contributed by atoms with van der Waals surface area (Å²) >= 11 is 1.40. The monoisotopic (exact) mass is 404 g/mol. The fraction of sp³-hybridized carbons (Fsp3) is 0.158. The second kappa shape index (κ2) is 7.40. The first-order chi connectivity index (χ1) is 14.3. The Bertz CT molecular complexity index is 1120. The van der Waals surface area contributed by atoms with Crippen LogP contribution in [0.5, 0.6) is 0 Å². The molecule has 144 valence electrons. The van der Waals surface area contributed by atoms with Gasteiger partial charge in [0, 0.05) is 43.1 Å². The number of amides is 1. The fourth-order valence-corrected chi connectivity index (χ4v) is 3.76. The normalized spacial score (nSPS) is 13.9. The van der Waals surface area contributed by atoms with E-state index in [0.29, 0.717) is 18.2 Å². The first kappa shape index (κ1) is 17.4. The number of hydrogen-bond acceptors (Lipinski definition) is 8. The van der Waals surface area contributed by atoms with Crippen LogP contribution in [-0.2, 0) is 4.79 Å². The maximum Gasteiger partial charge on any atom is 0.232 e. The van der Waals surface area contributed by atoms with E-state index >= 15 is 0 Å². The lowest BCUT2D eigenvalue weighted by Gasteiger charge is -2.38. The molecule has 0 aliphatic carbocycles. The van der Waals surface area contributed by atoms with Gasteiger partial charge in [-0.25, -0.2) is 19.9 Å². The highest BCUT2D eigenvalue weighted by Crippen LogP contribution is 2.27. The van der Waals surface area contributed by atoms with Gasteiger partial charge in [-0.15, -0.1) is 11.3 Å². The SMILES string of the molecule is O=C(Nc1nc(-c2ccccn2)cs1)C1CN(c2cc(-n3ccnc3)ncn2)C1. The number of anilines is 2. The summed E-state index contributed by atoms with van der Waals surface area (Å²) in [5, 5.41) is 5.38. The quantitative estimate of drug-likeness (QED) is 0.544. The summed E-state index contributed by atoms with van der Waals surface area (Å²) in [7, 11) is 0. The first-order valence-electron chi connectivity index (χ1n) is 8.99. The van der Waals surface area contributed by atoms with Gasteiger partial charge in [-0.1, -0.05) is 6.07 Å². The molecule has 1 saturated heterocycles. The average molecular weight is 404 g/mol. The molecular weight excluding hydrogens is 388 g/mol. The molecule has 5 heterocycles. The lowest BCUT2D eigenvalue weighted by molar-refractivity contribution is -0.120. The van der Waals surface area contributed by atoms with Crippen LogP contribution in [0.2, 0.25) is 0 Å². The number of hydrogen-bond donors (Lipinski definition) is 1. The van der Waals surface area contributed by atoms with E-state index in [4.69, 9.17) is 0 Å². The molecule has 5 rings (SSSR count). The third-order valence-corrected chi connectivity index (χ3v) is 5.40. The van der Waals surface area contributed by atoms with Crippen LogP contribution in [0.1, 0.15) is 0 Å². The van der Waals surface area contributed by atoms with Gasteiger partial charge in [-0.05, 0) is 12.1 Å². The van der Waals surface area contributed by atoms with Gasteiger partial charge in [0.1, 0.15) is 30.0 Å². The molecule has 1 aliphatic rings. The fourth-order valence-electron chi connectivity index (χ4n) is 3.05. The van der Waals surface area contributed by atoms with Gasteiger partial charge in [0.2, 0.25) is 5.91 Å². The van der Waals surface area contributed by atoms with Crippen molar-refractivity contribution in [2.24, 2.45) is 5.92 Å². The summed E-state index contributed by atoms with van der Waals surface area (Å²) in [6.07, 6.45) is 8.45. The number of pyridine rings is 1. The molecule has 0 spiro atoms. The standard InChI is InChI=1S/C19H16N8OS/c28-18(25-19-24-15(10-29-19)14-3-1-2-4-21-14)13-8-27(9-13)17-7-16(22-11-23-17)26-6-5-20-12-26/h1-7,10-13H,8-9H2,(H,24,25,28). The highest BCUT2D eigenvalue weighted by Gasteiger charge is 2.34. The van der Waals surface area contributed by atoms with Gasteiger partial charge >= 0.3 is 0 Å². The van der Waals surface area contributed by atoms with Crippen LogP contribution in [-0.4, -0.2) is 48.5 Å². The van der Waals surface area contributed by atoms with Crippen LogP contribution >= 0.6 is 11.3 Å². The van der Waals surface area contributed by atoms with Crippen LogP contribution in [0.4, 0.5) is 10.9 Å². The highest BCUT2D eigenvalue weighted by atomic mass is 32.1. The summed E-state index contributed by atoms with van der Waals surface area (Å²) < 4.78 is 1.82. The number of nitrogens with one attached hydrogen (secondary N) is 1. The summed E-state index contributed by atoms with van der Waals surface area (Å²) in [5.41, 5.74) is 1.55. The maximum absolute atomic E-state index is 12.5. The molecule has 0 aromatic carbocycles. The minimum absolute atomic E-state index is 0.0351. The van der Waals surface area contributed by atoms with Crippen molar-refractivity contribution in [2.75, 3.05) is 23.3 Å². The van der Waals surface area contributed by atoms with Crippen LogP contribution in [0.15, 0.2) is 60.9 Å². The van der Waals surface area contributed by atoms with Gasteiger partial charge in [-0.2, -0.15) is 0 Å². The Morgan fingerprint density at radius 3 is 2.79 bits per heavy atom. The molecule has 0 radical (unpaired) electrons. The van der Waals surface area contributed by atoms with E-state index in [0.717, 1.165) is 23.0 Å². The number of thiazole rings is 1. The van der Waals surface area contributed by atoms with Crippen molar-refractivity contribution >= 4 is 28.2 Å². The molecule has 9 nitrogen and oxygen atoms in total. The summed E-state index contributed by atoms with van der Waals surface area (Å²) in [5.74, 6) is 1.39. The Labute approximate surface area is 170 Å². The molecule has 1 fully saturated rings. The number of carbonyl (C=O) groups excluding carboxylic acids is 1. The van der Waals surface area contributed by atoms with Gasteiger partial charge in [0.15, 0.2) is 5.13 Å². The molecule has 0 bridgehead atoms. The van der Waals surface area contributed by atoms with Crippen LogP contribution < -0.4 is 10.2 Å². The van der Waals surface area contributed by atoms with Gasteiger partial charge in [0.05, 0.1) is 11.6 Å². The molecular formula is C19H16N8OS. The van der Waals surface area contributed by atoms with E-state index in [1.165, 1.54) is 17.7 Å². The van der Waals surface area contributed by atoms with Crippen molar-refractivity contribution in [3.05, 3.63) is 60.9 Å². The molecule has 0 unspecified atom stereocenters. The van der Waals surface area contributed by atoms with E-state index in [-0.39, 0.29) is 11.8 Å². The lowest BCUT2D eigenvalue weighted by Crippen LogP contribution is -2.52. The molecule has 4 aromatic rings. The molecule has 0 saturated carbocycles. The van der Waals surface area contributed by atoms with E-state index in [1.807, 2.05) is 45.3 Å². The summed E-state index contributed by atoms with van der Waals surface area (Å²) in [4.78, 5) is 35.9. The minimum Gasteiger partial charge on any atom is -0.355 e. The molecule has 4 aromatic heterocycles. The van der Waals surface area contributed by atoms with Crippen molar-refractivity contribution in [2.45, 2.75) is 0 Å².